The molecule has 196 valence electrons. The number of amides is 3. The number of aliphatic hydroxyl groups excluding tert-OH is 1. The Balaban J connectivity index is 1.65. The number of carbonyl (C=O) groups excluding carboxylic acids is 3. The third-order valence-electron chi connectivity index (χ3n) is 6.99. The van der Waals surface area contributed by atoms with Crippen molar-refractivity contribution in [1.82, 2.24) is 21.3 Å². The highest BCUT2D eigenvalue weighted by atomic mass is 19.4. The summed E-state index contributed by atoms with van der Waals surface area (Å²) >= 11 is 0. The lowest BCUT2D eigenvalue weighted by molar-refractivity contribution is -0.176. The molecule has 3 rings (SSSR count). The molecule has 1 saturated heterocycles. The first-order chi connectivity index (χ1) is 16.1. The second-order valence-electron chi connectivity index (χ2n) is 11.3. The van der Waals surface area contributed by atoms with Gasteiger partial charge in [0.25, 0.3) is 0 Å². The van der Waals surface area contributed by atoms with Gasteiger partial charge in [0, 0.05) is 11.5 Å². The van der Waals surface area contributed by atoms with Gasteiger partial charge in [-0.1, -0.05) is 33.6 Å². The number of hydrogen-bond donors (Lipinski definition) is 5. The van der Waals surface area contributed by atoms with E-state index in [0.717, 1.165) is 25.7 Å². The number of aliphatic hydroxyl groups is 1. The van der Waals surface area contributed by atoms with E-state index in [2.05, 4.69) is 16.0 Å². The maximum Gasteiger partial charge on any atom is 0.471 e. The molecule has 3 fully saturated rings. The highest BCUT2D eigenvalue weighted by molar-refractivity contribution is 5.84. The summed E-state index contributed by atoms with van der Waals surface area (Å²) in [6, 6.07) is -1.27. The smallest absolute Gasteiger partial charge is 0.376 e. The first kappa shape index (κ1) is 27.2. The molecule has 5 N–H and O–H groups in total. The van der Waals surface area contributed by atoms with E-state index in [9.17, 15) is 37.9 Å². The summed E-state index contributed by atoms with van der Waals surface area (Å²) in [5, 5.41) is 30.4. The van der Waals surface area contributed by atoms with Crippen molar-refractivity contribution in [3.63, 3.8) is 0 Å². The van der Waals surface area contributed by atoms with Crippen molar-refractivity contribution in [3.05, 3.63) is 0 Å². The number of nitriles is 1. The van der Waals surface area contributed by atoms with Gasteiger partial charge in [-0.3, -0.25) is 19.7 Å². The van der Waals surface area contributed by atoms with Crippen LogP contribution in [0.5, 0.6) is 0 Å². The minimum atomic E-state index is -5.13. The molecule has 3 aliphatic rings. The van der Waals surface area contributed by atoms with Crippen LogP contribution in [0.25, 0.3) is 0 Å². The molecule has 2 aliphatic carbocycles. The zero-order valence-corrected chi connectivity index (χ0v) is 20.2. The van der Waals surface area contributed by atoms with Crippen molar-refractivity contribution in [3.8, 4) is 6.07 Å². The van der Waals surface area contributed by atoms with Crippen LogP contribution in [0.4, 0.5) is 13.2 Å². The fraction of sp³-hybridized carbons (Fsp3) is 0.826. The molecule has 1 spiro atoms. The van der Waals surface area contributed by atoms with E-state index >= 15 is 0 Å². The molecular weight excluding hydrogens is 467 g/mol. The molecule has 0 aromatic heterocycles. The van der Waals surface area contributed by atoms with Crippen molar-refractivity contribution in [2.75, 3.05) is 0 Å². The minimum absolute atomic E-state index is 0.131. The van der Waals surface area contributed by atoms with Gasteiger partial charge in [-0.15, -0.1) is 0 Å². The lowest BCUT2D eigenvalue weighted by atomic mass is 9.85. The SMILES string of the molecule is CC(C)(C)C(NC(=O)C(F)(F)F)C(O)NC(CC1CC1)C(=O)NC(C#N)CC1CC2(CC2)NC1=O. The van der Waals surface area contributed by atoms with E-state index in [1.54, 1.807) is 20.8 Å². The highest BCUT2D eigenvalue weighted by Gasteiger charge is 2.52. The topological polar surface area (TPSA) is 143 Å². The quantitative estimate of drug-likeness (QED) is 0.285. The number of nitrogens with one attached hydrogen (secondary N) is 4. The molecular formula is C23H34F3N5O4. The second kappa shape index (κ2) is 9.93. The van der Waals surface area contributed by atoms with E-state index in [1.165, 1.54) is 0 Å². The number of alkyl halides is 3. The standard InChI is InChI=1S/C23H34F3N5O4/c1-21(2,3)16(30-20(35)23(24,25)26)19(34)29-15(8-12-4-5-12)18(33)28-14(11-27)9-13-10-22(6-7-22)31-17(13)32/h12-16,19,29,34H,4-10H2,1-3H3,(H,28,33)(H,30,35)(H,31,32). The molecule has 3 amide bonds. The summed E-state index contributed by atoms with van der Waals surface area (Å²) in [5.41, 5.74) is -1.13. The lowest BCUT2D eigenvalue weighted by Gasteiger charge is -2.37. The van der Waals surface area contributed by atoms with Gasteiger partial charge in [0.05, 0.1) is 18.2 Å². The molecule has 5 unspecified atom stereocenters. The van der Waals surface area contributed by atoms with Crippen LogP contribution in [0.2, 0.25) is 0 Å². The Morgan fingerprint density at radius 3 is 2.29 bits per heavy atom. The minimum Gasteiger partial charge on any atom is -0.376 e. The Bertz CT molecular complexity index is 874. The Morgan fingerprint density at radius 1 is 1.20 bits per heavy atom. The number of nitrogens with zero attached hydrogens (tertiary/aromatic N) is 1. The molecule has 12 heteroatoms. The normalized spacial score (nSPS) is 24.6. The van der Waals surface area contributed by atoms with E-state index < -0.39 is 47.8 Å². The molecule has 35 heavy (non-hydrogen) atoms. The van der Waals surface area contributed by atoms with E-state index in [0.29, 0.717) is 12.8 Å². The van der Waals surface area contributed by atoms with Crippen LogP contribution >= 0.6 is 0 Å². The van der Waals surface area contributed by atoms with Gasteiger partial charge in [-0.2, -0.15) is 18.4 Å². The van der Waals surface area contributed by atoms with Gasteiger partial charge in [0.1, 0.15) is 12.3 Å². The van der Waals surface area contributed by atoms with Crippen LogP contribution in [0.3, 0.4) is 0 Å². The zero-order valence-electron chi connectivity index (χ0n) is 20.2. The number of halogens is 3. The van der Waals surface area contributed by atoms with Crippen LogP contribution in [0.15, 0.2) is 0 Å². The molecule has 2 saturated carbocycles. The van der Waals surface area contributed by atoms with E-state index in [4.69, 9.17) is 0 Å². The molecule has 0 aromatic carbocycles. The van der Waals surface area contributed by atoms with Gasteiger partial charge >= 0.3 is 12.1 Å². The van der Waals surface area contributed by atoms with Crippen LogP contribution < -0.4 is 21.3 Å². The predicted octanol–water partition coefficient (Wildman–Crippen LogP) is 1.22. The number of hydrogen-bond acceptors (Lipinski definition) is 6. The van der Waals surface area contributed by atoms with E-state index in [1.807, 2.05) is 11.4 Å². The molecule has 9 nitrogen and oxygen atoms in total. The second-order valence-corrected chi connectivity index (χ2v) is 11.3. The molecule has 1 aliphatic heterocycles. The average molecular weight is 502 g/mol. The molecule has 5 atom stereocenters. The highest BCUT2D eigenvalue weighted by Crippen LogP contribution is 2.46. The summed E-state index contributed by atoms with van der Waals surface area (Å²) in [6.45, 7) is 4.67. The first-order valence-electron chi connectivity index (χ1n) is 12.0. The maximum atomic E-state index is 13.1. The van der Waals surface area contributed by atoms with Gasteiger partial charge in [-0.05, 0) is 43.4 Å². The summed E-state index contributed by atoms with van der Waals surface area (Å²) in [7, 11) is 0. The van der Waals surface area contributed by atoms with Crippen LogP contribution in [-0.2, 0) is 14.4 Å². The Morgan fingerprint density at radius 2 is 1.83 bits per heavy atom. The largest absolute Gasteiger partial charge is 0.471 e. The molecule has 0 aromatic rings. The Labute approximate surface area is 202 Å². The third-order valence-corrected chi connectivity index (χ3v) is 6.99. The van der Waals surface area contributed by atoms with E-state index in [-0.39, 0.29) is 29.7 Å². The fourth-order valence-corrected chi connectivity index (χ4v) is 4.58. The fourth-order valence-electron chi connectivity index (χ4n) is 4.58. The van der Waals surface area contributed by atoms with Crippen molar-refractivity contribution >= 4 is 17.7 Å². The van der Waals surface area contributed by atoms with Crippen molar-refractivity contribution in [1.29, 1.82) is 5.26 Å². The van der Waals surface area contributed by atoms with Crippen molar-refractivity contribution in [2.45, 2.75) is 102 Å². The van der Waals surface area contributed by atoms with Crippen molar-refractivity contribution in [2.24, 2.45) is 17.3 Å². The van der Waals surface area contributed by atoms with Gasteiger partial charge in [0.15, 0.2) is 0 Å². The summed E-state index contributed by atoms with van der Waals surface area (Å²) < 4.78 is 38.5. The summed E-state index contributed by atoms with van der Waals surface area (Å²) in [6.07, 6.45) is -2.13. The van der Waals surface area contributed by atoms with Crippen LogP contribution in [0.1, 0.15) is 65.7 Å². The predicted molar refractivity (Wildman–Crippen MR) is 118 cm³/mol. The van der Waals surface area contributed by atoms with Gasteiger partial charge < -0.3 is 21.1 Å². The number of carbonyl (C=O) groups is 3. The summed E-state index contributed by atoms with van der Waals surface area (Å²) in [5.74, 6) is -3.08. The van der Waals surface area contributed by atoms with Crippen molar-refractivity contribution < 1.29 is 32.7 Å². The zero-order chi connectivity index (χ0) is 26.2. The van der Waals surface area contributed by atoms with Gasteiger partial charge in [-0.25, -0.2) is 0 Å². The number of rotatable bonds is 10. The monoisotopic (exact) mass is 501 g/mol. The molecule has 0 bridgehead atoms. The van der Waals surface area contributed by atoms with Gasteiger partial charge in [0.2, 0.25) is 11.8 Å². The first-order valence-corrected chi connectivity index (χ1v) is 12.0. The average Bonchev–Trinajstić information content (AvgIpc) is 3.65. The van der Waals surface area contributed by atoms with Crippen LogP contribution in [-0.4, -0.2) is 58.9 Å². The molecule has 0 radical (unpaired) electrons. The summed E-state index contributed by atoms with van der Waals surface area (Å²) in [4.78, 5) is 36.8. The maximum absolute atomic E-state index is 13.1. The Kier molecular flexibility index (Phi) is 7.72. The molecule has 1 heterocycles. The lowest BCUT2D eigenvalue weighted by Crippen LogP contribution is -2.62. The van der Waals surface area contributed by atoms with Crippen LogP contribution in [0, 0.1) is 28.6 Å². The Hall–Kier alpha value is -2.39. The third kappa shape index (κ3) is 7.30.